The Balaban J connectivity index is 1.75. The Bertz CT molecular complexity index is 1160. The summed E-state index contributed by atoms with van der Waals surface area (Å²) < 4.78 is 48.0. The van der Waals surface area contributed by atoms with Crippen molar-refractivity contribution in [1.82, 2.24) is 9.62 Å². The molecule has 1 aliphatic rings. The molecule has 0 bridgehead atoms. The predicted molar refractivity (Wildman–Crippen MR) is 141 cm³/mol. The van der Waals surface area contributed by atoms with Gasteiger partial charge in [-0.3, -0.25) is 4.79 Å². The van der Waals surface area contributed by atoms with Crippen LogP contribution in [0.3, 0.4) is 0 Å². The number of benzene rings is 2. The van der Waals surface area contributed by atoms with Crippen molar-refractivity contribution < 1.29 is 27.4 Å². The van der Waals surface area contributed by atoms with Gasteiger partial charge in [0.05, 0.1) is 23.6 Å². The lowest BCUT2D eigenvalue weighted by Crippen LogP contribution is -2.52. The van der Waals surface area contributed by atoms with E-state index >= 15 is 0 Å². The minimum Gasteiger partial charge on any atom is -0.493 e. The largest absolute Gasteiger partial charge is 0.493 e. The first-order chi connectivity index (χ1) is 17.6. The first kappa shape index (κ1) is 29.1. The fourth-order valence-electron chi connectivity index (χ4n) is 4.86. The summed E-state index contributed by atoms with van der Waals surface area (Å²) in [6.07, 6.45) is 3.33. The van der Waals surface area contributed by atoms with Gasteiger partial charge in [-0.05, 0) is 68.0 Å². The zero-order valence-corrected chi connectivity index (χ0v) is 22.8. The first-order valence-electron chi connectivity index (χ1n) is 13.0. The highest BCUT2D eigenvalue weighted by atomic mass is 32.2. The van der Waals surface area contributed by atoms with Crippen LogP contribution in [0.2, 0.25) is 0 Å². The van der Waals surface area contributed by atoms with Gasteiger partial charge < -0.3 is 15.2 Å². The number of ether oxygens (including phenoxy) is 1. The fourth-order valence-corrected chi connectivity index (χ4v) is 6.50. The number of carbonyl (C=O) groups is 1. The molecule has 7 nitrogen and oxygen atoms in total. The zero-order valence-electron chi connectivity index (χ0n) is 22.0. The highest BCUT2D eigenvalue weighted by molar-refractivity contribution is 7.89. The molecule has 1 fully saturated rings. The van der Waals surface area contributed by atoms with Crippen LogP contribution in [-0.4, -0.2) is 55.6 Å². The number of aliphatic hydroxyl groups excluding tert-OH is 1. The second kappa shape index (κ2) is 13.3. The van der Waals surface area contributed by atoms with E-state index in [1.54, 1.807) is 24.3 Å². The van der Waals surface area contributed by atoms with E-state index in [4.69, 9.17) is 4.74 Å². The summed E-state index contributed by atoms with van der Waals surface area (Å²) in [5.74, 6) is -0.748. The summed E-state index contributed by atoms with van der Waals surface area (Å²) in [6, 6.07) is 10.5. The molecule has 0 aliphatic carbocycles. The first-order valence-corrected chi connectivity index (χ1v) is 14.5. The van der Waals surface area contributed by atoms with Crippen LogP contribution in [0.25, 0.3) is 0 Å². The normalized spacial score (nSPS) is 18.2. The van der Waals surface area contributed by atoms with Crippen molar-refractivity contribution in [3.05, 3.63) is 59.4 Å². The van der Waals surface area contributed by atoms with E-state index in [0.717, 1.165) is 24.8 Å². The molecule has 2 aromatic rings. The number of nitrogens with zero attached hydrogens (tertiary/aromatic N) is 1. The van der Waals surface area contributed by atoms with Crippen LogP contribution in [0.15, 0.2) is 47.4 Å². The van der Waals surface area contributed by atoms with Gasteiger partial charge in [0.25, 0.3) is 0 Å². The van der Waals surface area contributed by atoms with Crippen LogP contribution < -0.4 is 10.1 Å². The maximum Gasteiger partial charge on any atom is 0.243 e. The van der Waals surface area contributed by atoms with Gasteiger partial charge in [-0.1, -0.05) is 31.9 Å². The summed E-state index contributed by atoms with van der Waals surface area (Å²) >= 11 is 0. The molecule has 0 saturated carbocycles. The molecule has 1 aliphatic heterocycles. The Labute approximate surface area is 220 Å². The van der Waals surface area contributed by atoms with Crippen LogP contribution in [0, 0.1) is 18.7 Å². The molecule has 0 aromatic heterocycles. The topological polar surface area (TPSA) is 95.9 Å². The fraction of sp³-hybridized carbons (Fsp3) is 0.536. The lowest BCUT2D eigenvalue weighted by Gasteiger charge is -2.37. The molecular weight excluding hydrogens is 495 g/mol. The SMILES string of the molecule is CCCCCOc1cc(F)cc(C[C@H](NC(C)=O)[C@H](O)[C@@H]2CCCN(S(=O)(=O)c3cccc(C)c3)C2)c1. The lowest BCUT2D eigenvalue weighted by atomic mass is 9.87. The molecule has 0 radical (unpaired) electrons. The van der Waals surface area contributed by atoms with Gasteiger partial charge in [0.2, 0.25) is 15.9 Å². The van der Waals surface area contributed by atoms with Crippen LogP contribution in [0.4, 0.5) is 4.39 Å². The van der Waals surface area contributed by atoms with E-state index in [0.29, 0.717) is 37.3 Å². The van der Waals surface area contributed by atoms with Gasteiger partial charge in [-0.15, -0.1) is 0 Å². The van der Waals surface area contributed by atoms with Crippen LogP contribution >= 0.6 is 0 Å². The van der Waals surface area contributed by atoms with Crippen molar-refractivity contribution in [2.24, 2.45) is 5.92 Å². The number of aliphatic hydroxyl groups is 1. The van der Waals surface area contributed by atoms with Crippen LogP contribution in [0.5, 0.6) is 5.75 Å². The third kappa shape index (κ3) is 8.25. The summed E-state index contributed by atoms with van der Waals surface area (Å²) in [5.41, 5.74) is 1.44. The average molecular weight is 535 g/mol. The lowest BCUT2D eigenvalue weighted by molar-refractivity contribution is -0.121. The Morgan fingerprint density at radius 1 is 1.24 bits per heavy atom. The van der Waals surface area contributed by atoms with Gasteiger partial charge >= 0.3 is 0 Å². The monoisotopic (exact) mass is 534 g/mol. The van der Waals surface area contributed by atoms with E-state index in [9.17, 15) is 22.7 Å². The third-order valence-corrected chi connectivity index (χ3v) is 8.60. The maximum atomic E-state index is 14.3. The summed E-state index contributed by atoms with van der Waals surface area (Å²) in [5, 5.41) is 14.1. The van der Waals surface area contributed by atoms with Crippen molar-refractivity contribution >= 4 is 15.9 Å². The molecule has 204 valence electrons. The van der Waals surface area contributed by atoms with Gasteiger partial charge in [0.15, 0.2) is 0 Å². The number of unbranched alkanes of at least 4 members (excludes halogenated alkanes) is 2. The van der Waals surface area contributed by atoms with Gasteiger partial charge in [-0.25, -0.2) is 12.8 Å². The Morgan fingerprint density at radius 3 is 2.73 bits per heavy atom. The van der Waals surface area contributed by atoms with Crippen molar-refractivity contribution in [1.29, 1.82) is 0 Å². The zero-order chi connectivity index (χ0) is 27.0. The summed E-state index contributed by atoms with van der Waals surface area (Å²) in [6.45, 7) is 6.30. The van der Waals surface area contributed by atoms with Crippen LogP contribution in [0.1, 0.15) is 57.1 Å². The van der Waals surface area contributed by atoms with E-state index in [2.05, 4.69) is 12.2 Å². The number of aryl methyl sites for hydroxylation is 1. The van der Waals surface area contributed by atoms with Gasteiger partial charge in [0, 0.05) is 32.0 Å². The molecule has 3 atom stereocenters. The third-order valence-electron chi connectivity index (χ3n) is 6.74. The van der Waals surface area contributed by atoms with Crippen molar-refractivity contribution in [2.45, 2.75) is 76.3 Å². The molecule has 0 unspecified atom stereocenters. The second-order valence-corrected chi connectivity index (χ2v) is 11.9. The Morgan fingerprint density at radius 2 is 2.03 bits per heavy atom. The molecule has 2 aromatic carbocycles. The molecule has 1 heterocycles. The van der Waals surface area contributed by atoms with E-state index < -0.39 is 28.0 Å². The highest BCUT2D eigenvalue weighted by Crippen LogP contribution is 2.28. The quantitative estimate of drug-likeness (QED) is 0.398. The van der Waals surface area contributed by atoms with Crippen molar-refractivity contribution in [2.75, 3.05) is 19.7 Å². The summed E-state index contributed by atoms with van der Waals surface area (Å²) in [7, 11) is -3.71. The molecule has 0 spiro atoms. The summed E-state index contributed by atoms with van der Waals surface area (Å²) in [4.78, 5) is 12.2. The number of carbonyl (C=O) groups excluding carboxylic acids is 1. The van der Waals surface area contributed by atoms with E-state index in [1.807, 2.05) is 13.0 Å². The van der Waals surface area contributed by atoms with Crippen molar-refractivity contribution in [3.63, 3.8) is 0 Å². The number of piperidine rings is 1. The molecule has 9 heteroatoms. The Kier molecular flexibility index (Phi) is 10.5. The van der Waals surface area contributed by atoms with E-state index in [-0.39, 0.29) is 29.7 Å². The maximum absolute atomic E-state index is 14.3. The molecule has 1 amide bonds. The number of amides is 1. The molecular formula is C28H39FN2O5S. The van der Waals surface area contributed by atoms with Crippen molar-refractivity contribution in [3.8, 4) is 5.75 Å². The highest BCUT2D eigenvalue weighted by Gasteiger charge is 2.36. The molecule has 37 heavy (non-hydrogen) atoms. The molecule has 2 N–H and O–H groups in total. The number of hydrogen-bond acceptors (Lipinski definition) is 5. The average Bonchev–Trinajstić information content (AvgIpc) is 2.85. The van der Waals surface area contributed by atoms with Crippen LogP contribution in [-0.2, 0) is 21.2 Å². The standard InChI is InChI=1S/C28H39FN2O5S/c1-4-5-6-13-36-25-16-22(15-24(29)18-25)17-27(30-21(3)32)28(33)23-10-8-12-31(19-23)37(34,35)26-11-7-9-20(2)14-26/h7,9,11,14-16,18,23,27-28,33H,4-6,8,10,12-13,17,19H2,1-3H3,(H,30,32)/t23-,27+,28-/m1/s1. The number of sulfonamides is 1. The van der Waals surface area contributed by atoms with E-state index in [1.165, 1.54) is 23.4 Å². The minimum absolute atomic E-state index is 0.141. The molecule has 3 rings (SSSR count). The number of nitrogens with one attached hydrogen (secondary N) is 1. The smallest absolute Gasteiger partial charge is 0.243 e. The number of hydrogen-bond donors (Lipinski definition) is 2. The second-order valence-electron chi connectivity index (χ2n) is 9.93. The Hall–Kier alpha value is -2.49. The molecule has 1 saturated heterocycles. The predicted octanol–water partition coefficient (Wildman–Crippen LogP) is 4.21. The minimum atomic E-state index is -3.71. The van der Waals surface area contributed by atoms with Gasteiger partial charge in [0.1, 0.15) is 11.6 Å². The van der Waals surface area contributed by atoms with Gasteiger partial charge in [-0.2, -0.15) is 4.31 Å². The number of halogens is 1. The number of rotatable bonds is 12.